The smallest absolute Gasteiger partial charge is 0.255 e. The minimum absolute atomic E-state index is 0.0130. The molecule has 1 aromatic carbocycles. The van der Waals surface area contributed by atoms with Crippen molar-refractivity contribution in [2.24, 2.45) is 5.92 Å². The van der Waals surface area contributed by atoms with E-state index in [4.69, 9.17) is 21.1 Å². The number of nitrogens with one attached hydrogen (secondary N) is 1. The number of ether oxygens (including phenoxy) is 2. The van der Waals surface area contributed by atoms with Crippen molar-refractivity contribution < 1.29 is 14.3 Å². The fourth-order valence-corrected chi connectivity index (χ4v) is 1.89. The Hall–Kier alpha value is -1.42. The van der Waals surface area contributed by atoms with E-state index in [0.29, 0.717) is 22.9 Å². The lowest BCUT2D eigenvalue weighted by atomic mass is 10.1. The second-order valence-electron chi connectivity index (χ2n) is 4.43. The van der Waals surface area contributed by atoms with Gasteiger partial charge < -0.3 is 14.8 Å². The normalized spacial score (nSPS) is 13.5. The third-order valence-electron chi connectivity index (χ3n) is 3.10. The van der Waals surface area contributed by atoms with Crippen LogP contribution in [-0.2, 0) is 0 Å². The van der Waals surface area contributed by atoms with Crippen LogP contribution in [0.2, 0.25) is 0 Å². The van der Waals surface area contributed by atoms with E-state index >= 15 is 0 Å². The van der Waals surface area contributed by atoms with E-state index in [1.165, 1.54) is 14.2 Å². The summed E-state index contributed by atoms with van der Waals surface area (Å²) in [5, 5.41) is 2.91. The molecule has 0 aliphatic heterocycles. The SMILES string of the molecule is COc1cccc(C(=O)NC(C)C(C)CCl)c1OC. The Labute approximate surface area is 119 Å². The van der Waals surface area contributed by atoms with Crippen molar-refractivity contribution in [3.05, 3.63) is 23.8 Å². The van der Waals surface area contributed by atoms with Crippen molar-refractivity contribution in [2.75, 3.05) is 20.1 Å². The number of hydrogen-bond donors (Lipinski definition) is 1. The highest BCUT2D eigenvalue weighted by atomic mass is 35.5. The van der Waals surface area contributed by atoms with Gasteiger partial charge in [0.15, 0.2) is 11.5 Å². The molecule has 0 aromatic heterocycles. The number of benzene rings is 1. The van der Waals surface area contributed by atoms with E-state index in [2.05, 4.69) is 5.32 Å². The van der Waals surface area contributed by atoms with Gasteiger partial charge in [0.2, 0.25) is 0 Å². The van der Waals surface area contributed by atoms with Gasteiger partial charge in [0.1, 0.15) is 0 Å². The van der Waals surface area contributed by atoms with Crippen molar-refractivity contribution in [2.45, 2.75) is 19.9 Å². The largest absolute Gasteiger partial charge is 0.493 e. The number of methoxy groups -OCH3 is 2. The van der Waals surface area contributed by atoms with Gasteiger partial charge in [-0.1, -0.05) is 13.0 Å². The number of hydrogen-bond acceptors (Lipinski definition) is 3. The van der Waals surface area contributed by atoms with E-state index in [-0.39, 0.29) is 17.9 Å². The molecule has 0 spiro atoms. The third-order valence-corrected chi connectivity index (χ3v) is 3.59. The molecule has 0 aliphatic carbocycles. The fourth-order valence-electron chi connectivity index (χ4n) is 1.63. The molecule has 1 rings (SSSR count). The minimum atomic E-state index is -0.194. The first-order valence-electron chi connectivity index (χ1n) is 6.13. The average Bonchev–Trinajstić information content (AvgIpc) is 2.44. The van der Waals surface area contributed by atoms with E-state index < -0.39 is 0 Å². The molecule has 1 aromatic rings. The molecule has 0 aliphatic rings. The van der Waals surface area contributed by atoms with Gasteiger partial charge >= 0.3 is 0 Å². The van der Waals surface area contributed by atoms with Gasteiger partial charge in [-0.2, -0.15) is 0 Å². The molecule has 5 heteroatoms. The van der Waals surface area contributed by atoms with Gasteiger partial charge in [-0.3, -0.25) is 4.79 Å². The van der Waals surface area contributed by atoms with Crippen LogP contribution in [0.5, 0.6) is 11.5 Å². The second kappa shape index (κ2) is 7.24. The van der Waals surface area contributed by atoms with E-state index in [1.54, 1.807) is 18.2 Å². The highest BCUT2D eigenvalue weighted by Gasteiger charge is 2.19. The topological polar surface area (TPSA) is 47.6 Å². The predicted molar refractivity (Wildman–Crippen MR) is 76.4 cm³/mol. The van der Waals surface area contributed by atoms with Crippen LogP contribution in [-0.4, -0.2) is 32.0 Å². The molecule has 0 fully saturated rings. The van der Waals surface area contributed by atoms with Crippen LogP contribution in [0.4, 0.5) is 0 Å². The van der Waals surface area contributed by atoms with Crippen molar-refractivity contribution in [3.8, 4) is 11.5 Å². The number of alkyl halides is 1. The molecule has 2 atom stereocenters. The molecular weight excluding hydrogens is 266 g/mol. The third kappa shape index (κ3) is 3.77. The summed E-state index contributed by atoms with van der Waals surface area (Å²) in [4.78, 5) is 12.2. The summed E-state index contributed by atoms with van der Waals surface area (Å²) < 4.78 is 10.4. The maximum absolute atomic E-state index is 12.2. The summed E-state index contributed by atoms with van der Waals surface area (Å²) in [5.41, 5.74) is 0.454. The molecule has 2 unspecified atom stereocenters. The molecule has 0 saturated carbocycles. The monoisotopic (exact) mass is 285 g/mol. The number of rotatable bonds is 6. The zero-order valence-electron chi connectivity index (χ0n) is 11.7. The van der Waals surface area contributed by atoms with Crippen LogP contribution in [0.3, 0.4) is 0 Å². The lowest BCUT2D eigenvalue weighted by Gasteiger charge is -2.20. The van der Waals surface area contributed by atoms with E-state index in [1.807, 2.05) is 13.8 Å². The lowest BCUT2D eigenvalue weighted by Crippen LogP contribution is -2.37. The Kier molecular flexibility index (Phi) is 5.96. The van der Waals surface area contributed by atoms with Gasteiger partial charge in [-0.25, -0.2) is 0 Å². The summed E-state index contributed by atoms with van der Waals surface area (Å²) >= 11 is 5.79. The number of halogens is 1. The van der Waals surface area contributed by atoms with Gasteiger partial charge in [0, 0.05) is 11.9 Å². The van der Waals surface area contributed by atoms with E-state index in [9.17, 15) is 4.79 Å². The molecule has 19 heavy (non-hydrogen) atoms. The average molecular weight is 286 g/mol. The Balaban J connectivity index is 2.94. The van der Waals surface area contributed by atoms with Crippen molar-refractivity contribution >= 4 is 17.5 Å². The van der Waals surface area contributed by atoms with Gasteiger partial charge in [-0.05, 0) is 25.0 Å². The minimum Gasteiger partial charge on any atom is -0.493 e. The first-order valence-corrected chi connectivity index (χ1v) is 6.66. The van der Waals surface area contributed by atoms with Crippen LogP contribution in [0, 0.1) is 5.92 Å². The highest BCUT2D eigenvalue weighted by molar-refractivity contribution is 6.18. The van der Waals surface area contributed by atoms with Crippen molar-refractivity contribution in [1.29, 1.82) is 0 Å². The van der Waals surface area contributed by atoms with Crippen LogP contribution >= 0.6 is 11.6 Å². The van der Waals surface area contributed by atoms with Crippen molar-refractivity contribution in [3.63, 3.8) is 0 Å². The summed E-state index contributed by atoms with van der Waals surface area (Å²) in [6.07, 6.45) is 0. The molecule has 0 bridgehead atoms. The Morgan fingerprint density at radius 2 is 2.00 bits per heavy atom. The highest BCUT2D eigenvalue weighted by Crippen LogP contribution is 2.30. The van der Waals surface area contributed by atoms with Crippen LogP contribution in [0.25, 0.3) is 0 Å². The summed E-state index contributed by atoms with van der Waals surface area (Å²) in [6, 6.07) is 5.20. The fraction of sp³-hybridized carbons (Fsp3) is 0.500. The van der Waals surface area contributed by atoms with Gasteiger partial charge in [-0.15, -0.1) is 11.6 Å². The molecular formula is C14H20ClNO3. The number of carbonyl (C=O) groups excluding carboxylic acids is 1. The second-order valence-corrected chi connectivity index (χ2v) is 4.74. The standard InChI is InChI=1S/C14H20ClNO3/c1-9(8-15)10(2)16-14(17)11-6-5-7-12(18-3)13(11)19-4/h5-7,9-10H,8H2,1-4H3,(H,16,17). The van der Waals surface area contributed by atoms with Gasteiger partial charge in [0.25, 0.3) is 5.91 Å². The Morgan fingerprint density at radius 1 is 1.32 bits per heavy atom. The first kappa shape index (κ1) is 15.6. The molecule has 106 valence electrons. The van der Waals surface area contributed by atoms with Crippen LogP contribution in [0.15, 0.2) is 18.2 Å². The Morgan fingerprint density at radius 3 is 2.53 bits per heavy atom. The maximum atomic E-state index is 12.2. The zero-order chi connectivity index (χ0) is 14.4. The summed E-state index contributed by atoms with van der Waals surface area (Å²) in [5.74, 6) is 1.47. The lowest BCUT2D eigenvalue weighted by molar-refractivity contribution is 0.0927. The Bertz CT molecular complexity index is 437. The van der Waals surface area contributed by atoms with Crippen LogP contribution < -0.4 is 14.8 Å². The molecule has 0 radical (unpaired) electrons. The quantitative estimate of drug-likeness (QED) is 0.818. The zero-order valence-corrected chi connectivity index (χ0v) is 12.5. The number of amides is 1. The summed E-state index contributed by atoms with van der Waals surface area (Å²) in [7, 11) is 3.05. The molecule has 4 nitrogen and oxygen atoms in total. The van der Waals surface area contributed by atoms with Crippen molar-refractivity contribution in [1.82, 2.24) is 5.32 Å². The maximum Gasteiger partial charge on any atom is 0.255 e. The molecule has 0 saturated heterocycles. The number of carbonyl (C=O) groups is 1. The van der Waals surface area contributed by atoms with Crippen LogP contribution in [0.1, 0.15) is 24.2 Å². The first-order chi connectivity index (χ1) is 9.04. The van der Waals surface area contributed by atoms with E-state index in [0.717, 1.165) is 0 Å². The predicted octanol–water partition coefficient (Wildman–Crippen LogP) is 2.70. The van der Waals surface area contributed by atoms with Gasteiger partial charge in [0.05, 0.1) is 19.8 Å². The molecule has 1 N–H and O–H groups in total. The number of para-hydroxylation sites is 1. The molecule has 0 heterocycles. The summed E-state index contributed by atoms with van der Waals surface area (Å²) in [6.45, 7) is 3.92. The molecule has 1 amide bonds.